The van der Waals surface area contributed by atoms with Gasteiger partial charge in [-0.05, 0) is 18.9 Å². The van der Waals surface area contributed by atoms with E-state index < -0.39 is 6.04 Å². The summed E-state index contributed by atoms with van der Waals surface area (Å²) in [5, 5.41) is 2.75. The van der Waals surface area contributed by atoms with Crippen LogP contribution in [0.15, 0.2) is 18.2 Å². The third-order valence-corrected chi connectivity index (χ3v) is 3.19. The molecular formula is C15H20N2O2. The van der Waals surface area contributed by atoms with Gasteiger partial charge in [-0.1, -0.05) is 31.5 Å². The van der Waals surface area contributed by atoms with Gasteiger partial charge in [0.25, 0.3) is 5.91 Å². The molecule has 0 saturated heterocycles. The van der Waals surface area contributed by atoms with Crippen molar-refractivity contribution in [2.45, 2.75) is 33.7 Å². The number of benzene rings is 1. The molecule has 1 heterocycles. The van der Waals surface area contributed by atoms with Crippen molar-refractivity contribution < 1.29 is 9.59 Å². The highest BCUT2D eigenvalue weighted by molar-refractivity contribution is 6.06. The van der Waals surface area contributed by atoms with Gasteiger partial charge >= 0.3 is 0 Å². The van der Waals surface area contributed by atoms with E-state index in [0.717, 1.165) is 16.8 Å². The van der Waals surface area contributed by atoms with Crippen molar-refractivity contribution in [1.29, 1.82) is 0 Å². The van der Waals surface area contributed by atoms with E-state index >= 15 is 0 Å². The van der Waals surface area contributed by atoms with E-state index in [1.807, 2.05) is 25.1 Å². The molecule has 0 fully saturated rings. The minimum atomic E-state index is -0.536. The molecule has 0 unspecified atom stereocenters. The Kier molecular flexibility index (Phi) is 3.60. The largest absolute Gasteiger partial charge is 0.341 e. The average molecular weight is 260 g/mol. The molecule has 102 valence electrons. The molecular weight excluding hydrogens is 240 g/mol. The Hall–Kier alpha value is -1.84. The van der Waals surface area contributed by atoms with Crippen molar-refractivity contribution in [3.63, 3.8) is 0 Å². The Morgan fingerprint density at radius 2 is 2.11 bits per heavy atom. The summed E-state index contributed by atoms with van der Waals surface area (Å²) in [7, 11) is 0. The molecule has 2 rings (SSSR count). The lowest BCUT2D eigenvalue weighted by atomic mass is 10.1. The van der Waals surface area contributed by atoms with Crippen LogP contribution in [0.25, 0.3) is 0 Å². The standard InChI is InChI=1S/C15H20N2O2/c1-9(2)8-17-13-6-5-10(3)7-12(13)14(15(17)19)16-11(4)18/h5-7,9,14H,8H2,1-4H3,(H,16,18)/t14-/m1/s1. The van der Waals surface area contributed by atoms with Crippen LogP contribution < -0.4 is 10.2 Å². The smallest absolute Gasteiger partial charge is 0.254 e. The van der Waals surface area contributed by atoms with E-state index in [0.29, 0.717) is 12.5 Å². The third kappa shape index (κ3) is 2.62. The molecule has 4 heteroatoms. The summed E-state index contributed by atoms with van der Waals surface area (Å²) in [6.45, 7) is 8.25. The predicted octanol–water partition coefficient (Wildman–Crippen LogP) is 2.17. The lowest BCUT2D eigenvalue weighted by molar-refractivity contribution is -0.126. The monoisotopic (exact) mass is 260 g/mol. The average Bonchev–Trinajstić information content (AvgIpc) is 2.53. The quantitative estimate of drug-likeness (QED) is 0.905. The number of nitrogens with zero attached hydrogens (tertiary/aromatic N) is 1. The molecule has 0 spiro atoms. The Morgan fingerprint density at radius 3 is 2.68 bits per heavy atom. The van der Waals surface area contributed by atoms with Crippen molar-refractivity contribution in [2.24, 2.45) is 5.92 Å². The number of aryl methyl sites for hydroxylation is 1. The van der Waals surface area contributed by atoms with E-state index in [2.05, 4.69) is 19.2 Å². The number of rotatable bonds is 3. The Bertz CT molecular complexity index is 523. The number of carbonyl (C=O) groups is 2. The topological polar surface area (TPSA) is 49.4 Å². The van der Waals surface area contributed by atoms with Gasteiger partial charge in [-0.2, -0.15) is 0 Å². The normalized spacial score (nSPS) is 17.8. The number of amides is 2. The summed E-state index contributed by atoms with van der Waals surface area (Å²) < 4.78 is 0. The molecule has 0 radical (unpaired) electrons. The Balaban J connectivity index is 2.42. The number of hydrogen-bond donors (Lipinski definition) is 1. The van der Waals surface area contributed by atoms with Gasteiger partial charge in [0.15, 0.2) is 0 Å². The summed E-state index contributed by atoms with van der Waals surface area (Å²) >= 11 is 0. The number of fused-ring (bicyclic) bond motifs is 1. The highest BCUT2D eigenvalue weighted by atomic mass is 16.2. The minimum Gasteiger partial charge on any atom is -0.341 e. The first kappa shape index (κ1) is 13.6. The van der Waals surface area contributed by atoms with Crippen molar-refractivity contribution in [3.8, 4) is 0 Å². The SMILES string of the molecule is CC(=O)N[C@H]1C(=O)N(CC(C)C)c2ccc(C)cc21. The van der Waals surface area contributed by atoms with Crippen molar-refractivity contribution >= 4 is 17.5 Å². The van der Waals surface area contributed by atoms with Gasteiger partial charge in [0, 0.05) is 24.7 Å². The van der Waals surface area contributed by atoms with E-state index in [4.69, 9.17) is 0 Å². The van der Waals surface area contributed by atoms with Crippen LogP contribution in [0.1, 0.15) is 37.9 Å². The van der Waals surface area contributed by atoms with Gasteiger partial charge in [0.2, 0.25) is 5.91 Å². The predicted molar refractivity (Wildman–Crippen MR) is 74.9 cm³/mol. The van der Waals surface area contributed by atoms with Crippen LogP contribution in [0, 0.1) is 12.8 Å². The van der Waals surface area contributed by atoms with Gasteiger partial charge in [-0.3, -0.25) is 9.59 Å². The second kappa shape index (κ2) is 5.03. The second-order valence-corrected chi connectivity index (χ2v) is 5.54. The maximum absolute atomic E-state index is 12.5. The molecule has 1 aliphatic heterocycles. The lowest BCUT2D eigenvalue weighted by Gasteiger charge is -2.20. The number of nitrogens with one attached hydrogen (secondary N) is 1. The van der Waals surface area contributed by atoms with Crippen LogP contribution in [0.3, 0.4) is 0 Å². The van der Waals surface area contributed by atoms with Crippen LogP contribution in [-0.2, 0) is 9.59 Å². The fourth-order valence-electron chi connectivity index (χ4n) is 2.45. The number of anilines is 1. The number of hydrogen-bond acceptors (Lipinski definition) is 2. The van der Waals surface area contributed by atoms with Crippen molar-refractivity contribution in [2.75, 3.05) is 11.4 Å². The molecule has 1 aromatic rings. The summed E-state index contributed by atoms with van der Waals surface area (Å²) in [4.78, 5) is 25.5. The fourth-order valence-corrected chi connectivity index (χ4v) is 2.45. The zero-order valence-electron chi connectivity index (χ0n) is 11.9. The van der Waals surface area contributed by atoms with Gasteiger partial charge in [0.1, 0.15) is 6.04 Å². The van der Waals surface area contributed by atoms with E-state index in [1.165, 1.54) is 6.92 Å². The molecule has 1 N–H and O–H groups in total. The first-order chi connectivity index (χ1) is 8.90. The minimum absolute atomic E-state index is 0.0375. The maximum atomic E-state index is 12.5. The molecule has 0 aromatic heterocycles. The highest BCUT2D eigenvalue weighted by Gasteiger charge is 2.37. The molecule has 1 aliphatic rings. The van der Waals surface area contributed by atoms with Crippen molar-refractivity contribution in [3.05, 3.63) is 29.3 Å². The van der Waals surface area contributed by atoms with E-state index in [1.54, 1.807) is 4.90 Å². The highest BCUT2D eigenvalue weighted by Crippen LogP contribution is 2.36. The van der Waals surface area contributed by atoms with Gasteiger partial charge in [0.05, 0.1) is 0 Å². The second-order valence-electron chi connectivity index (χ2n) is 5.54. The molecule has 19 heavy (non-hydrogen) atoms. The van der Waals surface area contributed by atoms with Crippen LogP contribution >= 0.6 is 0 Å². The van der Waals surface area contributed by atoms with Crippen molar-refractivity contribution in [1.82, 2.24) is 5.32 Å². The molecule has 0 bridgehead atoms. The maximum Gasteiger partial charge on any atom is 0.254 e. The van der Waals surface area contributed by atoms with Gasteiger partial charge < -0.3 is 10.2 Å². The first-order valence-corrected chi connectivity index (χ1v) is 6.59. The van der Waals surface area contributed by atoms with Gasteiger partial charge in [-0.25, -0.2) is 0 Å². The lowest BCUT2D eigenvalue weighted by Crippen LogP contribution is -2.38. The summed E-state index contributed by atoms with van der Waals surface area (Å²) in [6.07, 6.45) is 0. The molecule has 2 amide bonds. The summed E-state index contributed by atoms with van der Waals surface area (Å²) in [5.41, 5.74) is 2.91. The zero-order chi connectivity index (χ0) is 14.2. The Morgan fingerprint density at radius 1 is 1.42 bits per heavy atom. The summed E-state index contributed by atoms with van der Waals surface area (Å²) in [6, 6.07) is 5.41. The first-order valence-electron chi connectivity index (χ1n) is 6.59. The van der Waals surface area contributed by atoms with Gasteiger partial charge in [-0.15, -0.1) is 0 Å². The molecule has 1 aromatic carbocycles. The zero-order valence-corrected chi connectivity index (χ0v) is 11.9. The van der Waals surface area contributed by atoms with E-state index in [-0.39, 0.29) is 11.8 Å². The molecule has 0 aliphatic carbocycles. The molecule has 0 saturated carbocycles. The molecule has 1 atom stereocenters. The van der Waals surface area contributed by atoms with Crippen LogP contribution in [0.4, 0.5) is 5.69 Å². The van der Waals surface area contributed by atoms with Crippen LogP contribution in [0.2, 0.25) is 0 Å². The molecule has 4 nitrogen and oxygen atoms in total. The van der Waals surface area contributed by atoms with Crippen LogP contribution in [0.5, 0.6) is 0 Å². The van der Waals surface area contributed by atoms with Crippen LogP contribution in [-0.4, -0.2) is 18.4 Å². The van der Waals surface area contributed by atoms with E-state index in [9.17, 15) is 9.59 Å². The number of carbonyl (C=O) groups excluding carboxylic acids is 2. The third-order valence-electron chi connectivity index (χ3n) is 3.19. The summed E-state index contributed by atoms with van der Waals surface area (Å²) in [5.74, 6) is 0.163. The Labute approximate surface area is 113 Å². The fraction of sp³-hybridized carbons (Fsp3) is 0.467.